The summed E-state index contributed by atoms with van der Waals surface area (Å²) >= 11 is 1.29. The molecule has 2 heterocycles. The molecule has 3 aromatic carbocycles. The van der Waals surface area contributed by atoms with E-state index in [0.717, 1.165) is 22.4 Å². The van der Waals surface area contributed by atoms with Crippen LogP contribution < -0.4 is 29.3 Å². The number of hydrogen-bond acceptors (Lipinski definition) is 8. The van der Waals surface area contributed by atoms with Gasteiger partial charge >= 0.3 is 5.97 Å². The van der Waals surface area contributed by atoms with E-state index < -0.39 is 12.0 Å². The summed E-state index contributed by atoms with van der Waals surface area (Å²) in [6, 6.07) is 22.7. The fraction of sp³-hybridized carbons (Fsp3) is 0.265. The van der Waals surface area contributed by atoms with E-state index >= 15 is 0 Å². The first-order chi connectivity index (χ1) is 20.8. The lowest BCUT2D eigenvalue weighted by molar-refractivity contribution is -0.139. The molecular weight excluding hydrogens is 562 g/mol. The van der Waals surface area contributed by atoms with Crippen molar-refractivity contribution in [2.24, 2.45) is 4.99 Å². The van der Waals surface area contributed by atoms with E-state index in [0.29, 0.717) is 45.3 Å². The molecule has 0 bridgehead atoms. The zero-order valence-electron chi connectivity index (χ0n) is 25.0. The molecule has 9 heteroatoms. The third-order valence-corrected chi connectivity index (χ3v) is 8.03. The third-order valence-electron chi connectivity index (χ3n) is 7.04. The monoisotopic (exact) mass is 597 g/mol. The van der Waals surface area contributed by atoms with Gasteiger partial charge in [0, 0.05) is 19.8 Å². The maximum absolute atomic E-state index is 14.0. The first-order valence-electron chi connectivity index (χ1n) is 14.2. The van der Waals surface area contributed by atoms with Crippen LogP contribution in [-0.4, -0.2) is 37.8 Å². The Kier molecular flexibility index (Phi) is 9.11. The van der Waals surface area contributed by atoms with E-state index in [1.165, 1.54) is 11.3 Å². The molecular formula is C34H35N3O5S. The standard InChI is InChI=1S/C34H35N3O5S/c1-6-40-28-19-24(13-18-27(28)42-21-23-11-9-8-10-12-23)20-29-32(38)37-31(25-14-16-26(17-15-25)36(4)5)30(33(39)41-7-2)22(3)35-34(37)43-29/h8-20,31H,6-7,21H2,1-5H3/b29-20+. The number of fused-ring (bicyclic) bond motifs is 1. The maximum Gasteiger partial charge on any atom is 0.338 e. The quantitative estimate of drug-likeness (QED) is 0.243. The molecule has 0 N–H and O–H groups in total. The van der Waals surface area contributed by atoms with Gasteiger partial charge in [-0.3, -0.25) is 9.36 Å². The summed E-state index contributed by atoms with van der Waals surface area (Å²) in [4.78, 5) is 34.4. The topological polar surface area (TPSA) is 82.4 Å². The lowest BCUT2D eigenvalue weighted by Gasteiger charge is -2.25. The molecule has 8 nitrogen and oxygen atoms in total. The number of allylic oxidation sites excluding steroid dienone is 1. The first kappa shape index (κ1) is 29.8. The van der Waals surface area contributed by atoms with Crippen LogP contribution in [0.2, 0.25) is 0 Å². The molecule has 1 unspecified atom stereocenters. The van der Waals surface area contributed by atoms with Gasteiger partial charge in [-0.15, -0.1) is 0 Å². The number of thiazole rings is 1. The van der Waals surface area contributed by atoms with E-state index in [1.54, 1.807) is 18.4 Å². The van der Waals surface area contributed by atoms with Gasteiger partial charge in [-0.05, 0) is 67.8 Å². The van der Waals surface area contributed by atoms with Gasteiger partial charge in [0.15, 0.2) is 16.3 Å². The number of esters is 1. The summed E-state index contributed by atoms with van der Waals surface area (Å²) in [5, 5.41) is 0. The van der Waals surface area contributed by atoms with Crippen LogP contribution >= 0.6 is 11.3 Å². The normalized spacial score (nSPS) is 14.6. The number of hydrogen-bond donors (Lipinski definition) is 0. The number of rotatable bonds is 10. The lowest BCUT2D eigenvalue weighted by atomic mass is 9.95. The number of benzene rings is 3. The molecule has 0 saturated heterocycles. The van der Waals surface area contributed by atoms with Crippen molar-refractivity contribution in [2.75, 3.05) is 32.2 Å². The van der Waals surface area contributed by atoms with Crippen molar-refractivity contribution in [2.45, 2.75) is 33.4 Å². The summed E-state index contributed by atoms with van der Waals surface area (Å²) in [5.74, 6) is 0.742. The number of nitrogens with zero attached hydrogens (tertiary/aromatic N) is 3. The van der Waals surface area contributed by atoms with E-state index in [-0.39, 0.29) is 12.2 Å². The van der Waals surface area contributed by atoms with Gasteiger partial charge in [0.1, 0.15) is 6.61 Å². The highest BCUT2D eigenvalue weighted by Gasteiger charge is 2.33. The van der Waals surface area contributed by atoms with Gasteiger partial charge in [-0.1, -0.05) is 59.9 Å². The molecule has 1 aliphatic heterocycles. The second-order valence-electron chi connectivity index (χ2n) is 10.2. The molecule has 1 atom stereocenters. The highest BCUT2D eigenvalue weighted by atomic mass is 32.1. The molecule has 0 saturated carbocycles. The summed E-state index contributed by atoms with van der Waals surface area (Å²) in [5.41, 5.74) is 4.31. The summed E-state index contributed by atoms with van der Waals surface area (Å²) in [6.07, 6.45) is 1.82. The second kappa shape index (κ2) is 13.1. The van der Waals surface area contributed by atoms with E-state index in [4.69, 9.17) is 14.2 Å². The van der Waals surface area contributed by atoms with Crippen LogP contribution in [0, 0.1) is 0 Å². The number of carbonyl (C=O) groups is 1. The van der Waals surface area contributed by atoms with Crippen LogP contribution in [0.15, 0.2) is 93.9 Å². The summed E-state index contributed by atoms with van der Waals surface area (Å²) < 4.78 is 19.4. The average Bonchev–Trinajstić information content (AvgIpc) is 3.30. The van der Waals surface area contributed by atoms with Crippen molar-refractivity contribution in [1.82, 2.24) is 4.57 Å². The second-order valence-corrected chi connectivity index (χ2v) is 11.2. The van der Waals surface area contributed by atoms with E-state index in [2.05, 4.69) is 4.99 Å². The maximum atomic E-state index is 14.0. The molecule has 0 spiro atoms. The van der Waals surface area contributed by atoms with Crippen molar-refractivity contribution in [1.29, 1.82) is 0 Å². The zero-order chi connectivity index (χ0) is 30.5. The predicted octanol–water partition coefficient (Wildman–Crippen LogP) is 4.84. The average molecular weight is 598 g/mol. The van der Waals surface area contributed by atoms with Gasteiger partial charge in [-0.2, -0.15) is 0 Å². The van der Waals surface area contributed by atoms with E-state index in [1.807, 2.05) is 105 Å². The minimum absolute atomic E-state index is 0.222. The smallest absolute Gasteiger partial charge is 0.338 e. The van der Waals surface area contributed by atoms with Gasteiger partial charge in [-0.25, -0.2) is 9.79 Å². The molecule has 5 rings (SSSR count). The highest BCUT2D eigenvalue weighted by Crippen LogP contribution is 2.32. The van der Waals surface area contributed by atoms with Gasteiger partial charge in [0.25, 0.3) is 5.56 Å². The van der Waals surface area contributed by atoms with Crippen LogP contribution in [0.25, 0.3) is 6.08 Å². The number of aromatic nitrogens is 1. The zero-order valence-corrected chi connectivity index (χ0v) is 25.8. The van der Waals surface area contributed by atoms with Crippen LogP contribution in [-0.2, 0) is 16.1 Å². The molecule has 1 aromatic heterocycles. The Labute approximate surface area is 254 Å². The fourth-order valence-corrected chi connectivity index (χ4v) is 6.00. The minimum Gasteiger partial charge on any atom is -0.490 e. The predicted molar refractivity (Wildman–Crippen MR) is 170 cm³/mol. The fourth-order valence-electron chi connectivity index (χ4n) is 4.95. The highest BCUT2D eigenvalue weighted by molar-refractivity contribution is 7.07. The number of carbonyl (C=O) groups excluding carboxylic acids is 1. The van der Waals surface area contributed by atoms with Gasteiger partial charge in [0.2, 0.25) is 0 Å². The number of anilines is 1. The Hall–Kier alpha value is -4.63. The molecule has 0 fully saturated rings. The van der Waals surface area contributed by atoms with Crippen molar-refractivity contribution in [3.05, 3.63) is 120 Å². The summed E-state index contributed by atoms with van der Waals surface area (Å²) in [6.45, 7) is 6.57. The van der Waals surface area contributed by atoms with Gasteiger partial charge < -0.3 is 19.1 Å². The number of ether oxygens (including phenoxy) is 3. The van der Waals surface area contributed by atoms with Crippen LogP contribution in [0.5, 0.6) is 11.5 Å². The third kappa shape index (κ3) is 6.41. The summed E-state index contributed by atoms with van der Waals surface area (Å²) in [7, 11) is 3.93. The molecule has 0 aliphatic carbocycles. The molecule has 1 aliphatic rings. The molecule has 0 radical (unpaired) electrons. The van der Waals surface area contributed by atoms with Crippen molar-refractivity contribution in [3.8, 4) is 11.5 Å². The van der Waals surface area contributed by atoms with Crippen LogP contribution in [0.3, 0.4) is 0 Å². The van der Waals surface area contributed by atoms with Gasteiger partial charge in [0.05, 0.1) is 35.1 Å². The minimum atomic E-state index is -0.665. The Morgan fingerprint density at radius 3 is 2.40 bits per heavy atom. The SMILES string of the molecule is CCOC(=O)C1=C(C)N=c2s/c(=C/c3ccc(OCc4ccccc4)c(OCC)c3)c(=O)n2C1c1ccc(N(C)C)cc1. The lowest BCUT2D eigenvalue weighted by Crippen LogP contribution is -2.39. The first-order valence-corrected chi connectivity index (χ1v) is 15.0. The van der Waals surface area contributed by atoms with Crippen molar-refractivity contribution < 1.29 is 19.0 Å². The molecule has 222 valence electrons. The van der Waals surface area contributed by atoms with E-state index in [9.17, 15) is 9.59 Å². The molecule has 0 amide bonds. The van der Waals surface area contributed by atoms with Crippen LogP contribution in [0.1, 0.15) is 43.5 Å². The van der Waals surface area contributed by atoms with Crippen molar-refractivity contribution in [3.63, 3.8) is 0 Å². The Morgan fingerprint density at radius 1 is 0.977 bits per heavy atom. The largest absolute Gasteiger partial charge is 0.490 e. The van der Waals surface area contributed by atoms with Crippen molar-refractivity contribution >= 4 is 29.1 Å². The molecule has 43 heavy (non-hydrogen) atoms. The molecule has 4 aromatic rings. The Balaban J connectivity index is 1.56. The Morgan fingerprint density at radius 2 is 1.72 bits per heavy atom. The van der Waals surface area contributed by atoms with Crippen LogP contribution in [0.4, 0.5) is 5.69 Å². The Bertz CT molecular complexity index is 1820.